The number of amides is 1. The van der Waals surface area contributed by atoms with E-state index in [1.165, 1.54) is 9.13 Å². The van der Waals surface area contributed by atoms with Crippen molar-refractivity contribution < 1.29 is 9.53 Å². The molecule has 0 saturated heterocycles. The Balaban J connectivity index is 1.64. The minimum Gasteiger partial charge on any atom is -0.385 e. The number of anilines is 1. The van der Waals surface area contributed by atoms with Crippen LogP contribution in [-0.2, 0) is 25.4 Å². The lowest BCUT2D eigenvalue weighted by molar-refractivity contribution is 0.102. The molecule has 0 unspecified atom stereocenters. The van der Waals surface area contributed by atoms with E-state index in [-0.39, 0.29) is 17.2 Å². The van der Waals surface area contributed by atoms with Crippen molar-refractivity contribution in [1.82, 2.24) is 18.7 Å². The van der Waals surface area contributed by atoms with Gasteiger partial charge < -0.3 is 15.0 Å². The number of ether oxygens (including phenoxy) is 1. The third-order valence-electron chi connectivity index (χ3n) is 5.50. The lowest BCUT2D eigenvalue weighted by atomic mass is 10.1. The number of fused-ring (bicyclic) bond motifs is 2. The van der Waals surface area contributed by atoms with Gasteiger partial charge >= 0.3 is 5.69 Å². The molecule has 4 aromatic rings. The number of imidazole rings is 1. The van der Waals surface area contributed by atoms with Crippen LogP contribution >= 0.6 is 12.2 Å². The smallest absolute Gasteiger partial charge is 0.328 e. The summed E-state index contributed by atoms with van der Waals surface area (Å²) in [5, 5.41) is 3.30. The van der Waals surface area contributed by atoms with Crippen LogP contribution in [0.4, 0.5) is 5.69 Å². The first-order chi connectivity index (χ1) is 15.3. The summed E-state index contributed by atoms with van der Waals surface area (Å²) >= 11 is 5.34. The molecule has 32 heavy (non-hydrogen) atoms. The average molecular weight is 454 g/mol. The highest BCUT2D eigenvalue weighted by Gasteiger charge is 2.13. The van der Waals surface area contributed by atoms with Gasteiger partial charge in [-0.3, -0.25) is 23.3 Å². The molecular formula is C22H23N5O4S. The number of rotatable bonds is 6. The van der Waals surface area contributed by atoms with Crippen molar-refractivity contribution in [1.29, 1.82) is 0 Å². The Labute approximate surface area is 187 Å². The summed E-state index contributed by atoms with van der Waals surface area (Å²) in [7, 11) is 4.99. The van der Waals surface area contributed by atoms with E-state index in [1.807, 2.05) is 0 Å². The van der Waals surface area contributed by atoms with E-state index in [4.69, 9.17) is 17.0 Å². The molecule has 166 valence electrons. The molecule has 10 heteroatoms. The van der Waals surface area contributed by atoms with Crippen LogP contribution in [0.15, 0.2) is 46.0 Å². The van der Waals surface area contributed by atoms with Crippen LogP contribution in [0.25, 0.3) is 21.9 Å². The molecule has 0 fully saturated rings. The van der Waals surface area contributed by atoms with Crippen LogP contribution in [0.5, 0.6) is 0 Å². The van der Waals surface area contributed by atoms with Crippen LogP contribution in [0, 0.1) is 4.77 Å². The molecule has 0 aliphatic rings. The number of methoxy groups -OCH3 is 1. The number of nitrogens with one attached hydrogen (secondary N) is 2. The molecule has 0 radical (unpaired) electrons. The van der Waals surface area contributed by atoms with Gasteiger partial charge in [-0.1, -0.05) is 0 Å². The molecule has 2 heterocycles. The van der Waals surface area contributed by atoms with Crippen molar-refractivity contribution in [3.63, 3.8) is 0 Å². The van der Waals surface area contributed by atoms with Crippen molar-refractivity contribution in [2.75, 3.05) is 19.0 Å². The third kappa shape index (κ3) is 3.78. The first-order valence-electron chi connectivity index (χ1n) is 10.0. The summed E-state index contributed by atoms with van der Waals surface area (Å²) < 4.78 is 9.91. The molecule has 0 saturated carbocycles. The van der Waals surface area contributed by atoms with Gasteiger partial charge in [-0.15, -0.1) is 0 Å². The number of carbonyl (C=O) groups excluding carboxylic acids is 1. The summed E-state index contributed by atoms with van der Waals surface area (Å²) in [6.07, 6.45) is 0.664. The number of aromatic nitrogens is 4. The van der Waals surface area contributed by atoms with E-state index < -0.39 is 0 Å². The first-order valence-corrected chi connectivity index (χ1v) is 10.5. The van der Waals surface area contributed by atoms with Crippen LogP contribution < -0.4 is 16.6 Å². The summed E-state index contributed by atoms with van der Waals surface area (Å²) in [4.78, 5) is 40.8. The lowest BCUT2D eigenvalue weighted by Gasteiger charge is -2.10. The van der Waals surface area contributed by atoms with Gasteiger partial charge in [0.15, 0.2) is 4.77 Å². The second kappa shape index (κ2) is 8.56. The highest BCUT2D eigenvalue weighted by molar-refractivity contribution is 7.71. The summed E-state index contributed by atoms with van der Waals surface area (Å²) in [6.45, 7) is 0.978. The Bertz CT molecular complexity index is 1530. The molecule has 2 aromatic heterocycles. The van der Waals surface area contributed by atoms with Crippen molar-refractivity contribution in [2.24, 2.45) is 14.1 Å². The Kier molecular flexibility index (Phi) is 5.81. The monoisotopic (exact) mass is 453 g/mol. The zero-order valence-corrected chi connectivity index (χ0v) is 18.8. The SMILES string of the molecule is COCCCn1c(=S)[nH]c2cc(C(=O)Nc3ccc4c(c3)n(C)c(=O)n4C)ccc2c1=O. The lowest BCUT2D eigenvalue weighted by Crippen LogP contribution is -2.23. The van der Waals surface area contributed by atoms with E-state index in [2.05, 4.69) is 10.3 Å². The minimum atomic E-state index is -0.337. The van der Waals surface area contributed by atoms with Gasteiger partial charge in [0.05, 0.1) is 21.9 Å². The number of carbonyl (C=O) groups is 1. The molecule has 4 rings (SSSR count). The van der Waals surface area contributed by atoms with Crippen LogP contribution in [-0.4, -0.2) is 38.3 Å². The fraction of sp³-hybridized carbons (Fsp3) is 0.273. The maximum Gasteiger partial charge on any atom is 0.328 e. The van der Waals surface area contributed by atoms with E-state index >= 15 is 0 Å². The number of aryl methyl sites for hydroxylation is 2. The Morgan fingerprint density at radius 1 is 1.09 bits per heavy atom. The van der Waals surface area contributed by atoms with Crippen LogP contribution in [0.2, 0.25) is 0 Å². The topological polar surface area (TPSA) is 103 Å². The van der Waals surface area contributed by atoms with Gasteiger partial charge in [-0.25, -0.2) is 4.79 Å². The van der Waals surface area contributed by atoms with Crippen molar-refractivity contribution >= 4 is 45.7 Å². The molecule has 1 amide bonds. The number of benzene rings is 2. The Hall–Kier alpha value is -3.50. The molecule has 9 nitrogen and oxygen atoms in total. The second-order valence-electron chi connectivity index (χ2n) is 7.55. The maximum atomic E-state index is 12.8. The molecule has 2 aromatic carbocycles. The third-order valence-corrected chi connectivity index (χ3v) is 5.83. The van der Waals surface area contributed by atoms with E-state index in [0.717, 1.165) is 5.52 Å². The van der Waals surface area contributed by atoms with Gasteiger partial charge in [-0.05, 0) is 55.0 Å². The number of hydrogen-bond donors (Lipinski definition) is 2. The molecule has 0 bridgehead atoms. The highest BCUT2D eigenvalue weighted by Crippen LogP contribution is 2.19. The number of nitrogens with zero attached hydrogens (tertiary/aromatic N) is 3. The van der Waals surface area contributed by atoms with Crippen molar-refractivity contribution in [3.8, 4) is 0 Å². The standard InChI is InChI=1S/C22H23N5O4S/c1-25-17-8-6-14(12-18(17)26(2)22(25)30)23-19(28)13-5-7-15-16(11-13)24-21(32)27(20(15)29)9-4-10-31-3/h5-8,11-12H,4,9-10H2,1-3H3,(H,23,28)(H,24,32). The van der Waals surface area contributed by atoms with E-state index in [1.54, 1.807) is 62.2 Å². The summed E-state index contributed by atoms with van der Waals surface area (Å²) in [6, 6.07) is 10.1. The van der Waals surface area contributed by atoms with Crippen LogP contribution in [0.1, 0.15) is 16.8 Å². The van der Waals surface area contributed by atoms with E-state index in [9.17, 15) is 14.4 Å². The summed E-state index contributed by atoms with van der Waals surface area (Å²) in [5.74, 6) is -0.337. The summed E-state index contributed by atoms with van der Waals surface area (Å²) in [5.41, 5.74) is 2.58. The average Bonchev–Trinajstić information content (AvgIpc) is 2.99. The molecule has 0 spiro atoms. The fourth-order valence-electron chi connectivity index (χ4n) is 3.75. The van der Waals surface area contributed by atoms with E-state index in [0.29, 0.717) is 52.0 Å². The number of aromatic amines is 1. The first kappa shape index (κ1) is 21.7. The zero-order chi connectivity index (χ0) is 23.0. The largest absolute Gasteiger partial charge is 0.385 e. The van der Waals surface area contributed by atoms with Gasteiger partial charge in [0.1, 0.15) is 0 Å². The van der Waals surface area contributed by atoms with Gasteiger partial charge in [-0.2, -0.15) is 0 Å². The number of hydrogen-bond acceptors (Lipinski definition) is 5. The van der Waals surface area contributed by atoms with Crippen LogP contribution in [0.3, 0.4) is 0 Å². The normalized spacial score (nSPS) is 11.3. The fourth-order valence-corrected chi connectivity index (χ4v) is 4.04. The van der Waals surface area contributed by atoms with Gasteiger partial charge in [0, 0.05) is 45.6 Å². The molecule has 0 atom stereocenters. The van der Waals surface area contributed by atoms with Gasteiger partial charge in [0.25, 0.3) is 11.5 Å². The second-order valence-corrected chi connectivity index (χ2v) is 7.94. The van der Waals surface area contributed by atoms with Crippen molar-refractivity contribution in [3.05, 3.63) is 67.6 Å². The zero-order valence-electron chi connectivity index (χ0n) is 18.0. The van der Waals surface area contributed by atoms with Crippen molar-refractivity contribution in [2.45, 2.75) is 13.0 Å². The number of H-pyrrole nitrogens is 1. The molecule has 2 N–H and O–H groups in total. The Morgan fingerprint density at radius 3 is 2.59 bits per heavy atom. The predicted molar refractivity (Wildman–Crippen MR) is 126 cm³/mol. The molecule has 0 aliphatic carbocycles. The Morgan fingerprint density at radius 2 is 1.84 bits per heavy atom. The molecule has 0 aliphatic heterocycles. The highest BCUT2D eigenvalue weighted by atomic mass is 32.1. The maximum absolute atomic E-state index is 12.8. The van der Waals surface area contributed by atoms with Gasteiger partial charge in [0.2, 0.25) is 0 Å². The quantitative estimate of drug-likeness (QED) is 0.345. The predicted octanol–water partition coefficient (Wildman–Crippen LogP) is 2.54. The minimum absolute atomic E-state index is 0.138. The molecular weight excluding hydrogens is 430 g/mol.